The SMILES string of the molecule is C=CCOC(=O)C1=C(C)N=c2s/c(=C/c3cn(-c4ccccc4)nc3-c3ccc(C)cc3)c(=O)n2[C@@H]1c1ccc(OC(C)=O)cc1. The molecule has 3 aromatic carbocycles. The molecule has 3 heterocycles. The van der Waals surface area contributed by atoms with E-state index in [4.69, 9.17) is 14.6 Å². The van der Waals surface area contributed by atoms with Gasteiger partial charge in [-0.3, -0.25) is 14.2 Å². The normalized spacial score (nSPS) is 14.4. The van der Waals surface area contributed by atoms with Gasteiger partial charge in [0.15, 0.2) is 4.80 Å². The van der Waals surface area contributed by atoms with Gasteiger partial charge < -0.3 is 9.47 Å². The number of hydrogen-bond donors (Lipinski definition) is 0. The van der Waals surface area contributed by atoms with Crippen LogP contribution in [0.4, 0.5) is 0 Å². The molecular weight excluding hydrogens is 600 g/mol. The zero-order valence-corrected chi connectivity index (χ0v) is 26.3. The van der Waals surface area contributed by atoms with Gasteiger partial charge in [0.25, 0.3) is 5.56 Å². The summed E-state index contributed by atoms with van der Waals surface area (Å²) in [4.78, 5) is 44.2. The second-order valence-corrected chi connectivity index (χ2v) is 11.7. The van der Waals surface area contributed by atoms with Crippen molar-refractivity contribution < 1.29 is 19.1 Å². The highest BCUT2D eigenvalue weighted by Crippen LogP contribution is 2.32. The van der Waals surface area contributed by atoms with Crippen molar-refractivity contribution in [1.29, 1.82) is 0 Å². The van der Waals surface area contributed by atoms with E-state index in [9.17, 15) is 14.4 Å². The van der Waals surface area contributed by atoms with Crippen LogP contribution in [0.1, 0.15) is 36.6 Å². The Morgan fingerprint density at radius 3 is 2.39 bits per heavy atom. The van der Waals surface area contributed by atoms with Gasteiger partial charge in [-0.15, -0.1) is 0 Å². The van der Waals surface area contributed by atoms with Crippen LogP contribution >= 0.6 is 11.3 Å². The number of aromatic nitrogens is 3. The lowest BCUT2D eigenvalue weighted by molar-refractivity contribution is -0.138. The maximum absolute atomic E-state index is 14.3. The van der Waals surface area contributed by atoms with Crippen molar-refractivity contribution in [2.24, 2.45) is 4.99 Å². The summed E-state index contributed by atoms with van der Waals surface area (Å²) in [5.41, 5.74) is 5.37. The molecule has 0 aliphatic carbocycles. The van der Waals surface area contributed by atoms with Crippen LogP contribution in [0, 0.1) is 6.92 Å². The molecule has 9 nitrogen and oxygen atoms in total. The Kier molecular flexibility index (Phi) is 8.45. The van der Waals surface area contributed by atoms with Crippen molar-refractivity contribution in [2.45, 2.75) is 26.8 Å². The highest BCUT2D eigenvalue weighted by atomic mass is 32.1. The first-order valence-corrected chi connectivity index (χ1v) is 15.4. The van der Waals surface area contributed by atoms with E-state index in [1.54, 1.807) is 35.9 Å². The molecule has 0 bridgehead atoms. The molecule has 6 rings (SSSR count). The molecule has 46 heavy (non-hydrogen) atoms. The van der Waals surface area contributed by atoms with Crippen molar-refractivity contribution in [1.82, 2.24) is 14.3 Å². The molecular formula is C36H30N4O5S. The van der Waals surface area contributed by atoms with Gasteiger partial charge in [-0.2, -0.15) is 5.10 Å². The number of esters is 2. The molecule has 1 aliphatic heterocycles. The second-order valence-electron chi connectivity index (χ2n) is 10.7. The van der Waals surface area contributed by atoms with Gasteiger partial charge in [0.05, 0.1) is 33.2 Å². The standard InChI is InChI=1S/C36H30N4O5S/c1-5-19-44-35(43)31-23(3)37-36-40(33(31)26-15-17-29(18-16-26)45-24(4)41)34(42)30(46-36)20-27-21-39(28-9-7-6-8-10-28)38-32(27)25-13-11-22(2)12-14-25/h5-18,20-21,33H,1,19H2,2-4H3/b30-20+/t33-/m1/s1. The number of para-hydroxylation sites is 1. The van der Waals surface area contributed by atoms with Crippen LogP contribution in [-0.4, -0.2) is 32.9 Å². The van der Waals surface area contributed by atoms with E-state index >= 15 is 0 Å². The Morgan fingerprint density at radius 1 is 1.00 bits per heavy atom. The van der Waals surface area contributed by atoms with Gasteiger partial charge in [0, 0.05) is 24.2 Å². The van der Waals surface area contributed by atoms with E-state index < -0.39 is 18.0 Å². The van der Waals surface area contributed by atoms with E-state index in [0.717, 1.165) is 28.1 Å². The molecule has 0 radical (unpaired) electrons. The van der Waals surface area contributed by atoms with Gasteiger partial charge in [-0.1, -0.05) is 84.2 Å². The number of aryl methyl sites for hydroxylation is 1. The third-order valence-corrected chi connectivity index (χ3v) is 8.39. The molecule has 0 fully saturated rings. The van der Waals surface area contributed by atoms with Gasteiger partial charge in [-0.25, -0.2) is 14.5 Å². The molecule has 0 saturated heterocycles. The first kappa shape index (κ1) is 30.4. The van der Waals surface area contributed by atoms with Crippen LogP contribution < -0.4 is 19.6 Å². The number of allylic oxidation sites excluding steroid dienone is 1. The molecule has 230 valence electrons. The van der Waals surface area contributed by atoms with Crippen molar-refractivity contribution in [3.05, 3.63) is 145 Å². The van der Waals surface area contributed by atoms with Crippen LogP contribution in [0.3, 0.4) is 0 Å². The Morgan fingerprint density at radius 2 is 1.72 bits per heavy atom. The van der Waals surface area contributed by atoms with Crippen LogP contribution in [-0.2, 0) is 14.3 Å². The highest BCUT2D eigenvalue weighted by molar-refractivity contribution is 7.07. The number of hydrogen-bond acceptors (Lipinski definition) is 8. The maximum atomic E-state index is 14.3. The summed E-state index contributed by atoms with van der Waals surface area (Å²) < 4.78 is 14.4. The predicted octanol–water partition coefficient (Wildman–Crippen LogP) is 5.05. The summed E-state index contributed by atoms with van der Waals surface area (Å²) >= 11 is 1.23. The first-order chi connectivity index (χ1) is 22.2. The number of benzene rings is 3. The summed E-state index contributed by atoms with van der Waals surface area (Å²) in [5, 5.41) is 4.90. The fourth-order valence-electron chi connectivity index (χ4n) is 5.28. The maximum Gasteiger partial charge on any atom is 0.338 e. The monoisotopic (exact) mass is 630 g/mol. The Hall–Kier alpha value is -5.61. The van der Waals surface area contributed by atoms with Gasteiger partial charge in [0.1, 0.15) is 12.4 Å². The zero-order chi connectivity index (χ0) is 32.4. The van der Waals surface area contributed by atoms with E-state index in [2.05, 4.69) is 11.6 Å². The third kappa shape index (κ3) is 6.02. The van der Waals surface area contributed by atoms with E-state index in [1.165, 1.54) is 28.9 Å². The number of fused-ring (bicyclic) bond motifs is 1. The second kappa shape index (κ2) is 12.8. The number of thiazole rings is 1. The number of rotatable bonds is 8. The molecule has 1 aliphatic rings. The van der Waals surface area contributed by atoms with Crippen molar-refractivity contribution in [3.63, 3.8) is 0 Å². The average Bonchev–Trinajstić information content (AvgIpc) is 3.60. The lowest BCUT2D eigenvalue weighted by atomic mass is 9.96. The Balaban J connectivity index is 1.53. The Bertz CT molecular complexity index is 2170. The quantitative estimate of drug-likeness (QED) is 0.135. The average molecular weight is 631 g/mol. The minimum atomic E-state index is -0.828. The topological polar surface area (TPSA) is 105 Å². The number of carbonyl (C=O) groups excluding carboxylic acids is 2. The van der Waals surface area contributed by atoms with Crippen LogP contribution in [0.25, 0.3) is 23.0 Å². The lowest BCUT2D eigenvalue weighted by Gasteiger charge is -2.24. The minimum absolute atomic E-state index is 0.00529. The summed E-state index contributed by atoms with van der Waals surface area (Å²) in [7, 11) is 0. The molecule has 0 amide bonds. The van der Waals surface area contributed by atoms with Crippen LogP contribution in [0.15, 0.2) is 119 Å². The smallest absolute Gasteiger partial charge is 0.338 e. The molecule has 2 aromatic heterocycles. The molecule has 0 N–H and O–H groups in total. The van der Waals surface area contributed by atoms with Gasteiger partial charge in [0.2, 0.25) is 0 Å². The summed E-state index contributed by atoms with van der Waals surface area (Å²) in [5.74, 6) is -0.708. The minimum Gasteiger partial charge on any atom is -0.458 e. The molecule has 0 spiro atoms. The predicted molar refractivity (Wildman–Crippen MR) is 176 cm³/mol. The van der Waals surface area contributed by atoms with Crippen molar-refractivity contribution >= 4 is 29.4 Å². The highest BCUT2D eigenvalue weighted by Gasteiger charge is 2.33. The lowest BCUT2D eigenvalue weighted by Crippen LogP contribution is -2.39. The molecule has 0 unspecified atom stereocenters. The molecule has 5 aromatic rings. The fourth-order valence-corrected chi connectivity index (χ4v) is 6.31. The first-order valence-electron chi connectivity index (χ1n) is 14.5. The van der Waals surface area contributed by atoms with Gasteiger partial charge in [-0.05, 0) is 49.8 Å². The molecule has 10 heteroatoms. The number of carbonyl (C=O) groups is 2. The third-order valence-electron chi connectivity index (χ3n) is 7.41. The number of nitrogens with zero attached hydrogens (tertiary/aromatic N) is 4. The number of ether oxygens (including phenoxy) is 2. The molecule has 1 atom stereocenters. The van der Waals surface area contributed by atoms with Crippen molar-refractivity contribution in [3.8, 4) is 22.7 Å². The Labute approximate surface area is 268 Å². The largest absolute Gasteiger partial charge is 0.458 e. The van der Waals surface area contributed by atoms with E-state index in [-0.39, 0.29) is 17.7 Å². The van der Waals surface area contributed by atoms with E-state index in [1.807, 2.05) is 73.8 Å². The molecule has 0 saturated carbocycles. The van der Waals surface area contributed by atoms with Gasteiger partial charge >= 0.3 is 11.9 Å². The summed E-state index contributed by atoms with van der Waals surface area (Å²) in [6, 6.07) is 23.7. The van der Waals surface area contributed by atoms with E-state index in [0.29, 0.717) is 26.3 Å². The van der Waals surface area contributed by atoms with Crippen molar-refractivity contribution in [2.75, 3.05) is 6.61 Å². The van der Waals surface area contributed by atoms with Crippen LogP contribution in [0.2, 0.25) is 0 Å². The zero-order valence-electron chi connectivity index (χ0n) is 25.5. The van der Waals surface area contributed by atoms with Crippen LogP contribution in [0.5, 0.6) is 5.75 Å². The summed E-state index contributed by atoms with van der Waals surface area (Å²) in [6.45, 7) is 8.71. The fraction of sp³-hybridized carbons (Fsp3) is 0.139. The summed E-state index contributed by atoms with van der Waals surface area (Å²) in [6.07, 6.45) is 5.20.